The van der Waals surface area contributed by atoms with Gasteiger partial charge >= 0.3 is 11.7 Å². The molecule has 0 aliphatic carbocycles. The number of aryl methyl sites for hydroxylation is 1. The number of rotatable bonds is 7. The van der Waals surface area contributed by atoms with Crippen LogP contribution in [-0.4, -0.2) is 18.0 Å². The van der Waals surface area contributed by atoms with Crippen LogP contribution in [0.25, 0.3) is 11.1 Å². The third-order valence-electron chi connectivity index (χ3n) is 4.64. The first-order chi connectivity index (χ1) is 14.0. The Morgan fingerprint density at radius 1 is 0.966 bits per heavy atom. The number of esters is 1. The van der Waals surface area contributed by atoms with Gasteiger partial charge in [-0.05, 0) is 35.2 Å². The SMILES string of the molecule is CCc1ccccc1-c1cccc([N+](=O)[O-])c1OCc1ccc(C(=O)OC)cc1. The predicted molar refractivity (Wildman–Crippen MR) is 110 cm³/mol. The third kappa shape index (κ3) is 4.43. The van der Waals surface area contributed by atoms with Gasteiger partial charge in [0.1, 0.15) is 6.61 Å². The van der Waals surface area contributed by atoms with Crippen molar-refractivity contribution in [3.8, 4) is 16.9 Å². The molecule has 0 aliphatic heterocycles. The van der Waals surface area contributed by atoms with E-state index < -0.39 is 10.9 Å². The Morgan fingerprint density at radius 3 is 2.31 bits per heavy atom. The van der Waals surface area contributed by atoms with E-state index in [1.807, 2.05) is 37.3 Å². The minimum Gasteiger partial charge on any atom is -0.482 e. The lowest BCUT2D eigenvalue weighted by molar-refractivity contribution is -0.385. The van der Waals surface area contributed by atoms with Gasteiger partial charge in [-0.1, -0.05) is 55.5 Å². The average molecular weight is 391 g/mol. The summed E-state index contributed by atoms with van der Waals surface area (Å²) < 4.78 is 10.6. The molecule has 0 aliphatic rings. The summed E-state index contributed by atoms with van der Waals surface area (Å²) in [5.74, 6) is -0.190. The van der Waals surface area contributed by atoms with Crippen molar-refractivity contribution in [1.29, 1.82) is 0 Å². The Labute approximate surface area is 168 Å². The van der Waals surface area contributed by atoms with Crippen LogP contribution < -0.4 is 4.74 Å². The summed E-state index contributed by atoms with van der Waals surface area (Å²) in [5.41, 5.74) is 3.81. The van der Waals surface area contributed by atoms with E-state index in [0.717, 1.165) is 23.1 Å². The number of nitro groups is 1. The standard InChI is InChI=1S/C23H21NO5/c1-3-17-7-4-5-8-19(17)20-9-6-10-21(24(26)27)22(20)29-15-16-11-13-18(14-12-16)23(25)28-2/h4-14H,3,15H2,1-2H3. The number of benzene rings is 3. The van der Waals surface area contributed by atoms with Crippen LogP contribution in [-0.2, 0) is 17.8 Å². The maximum Gasteiger partial charge on any atom is 0.337 e. The smallest absolute Gasteiger partial charge is 0.337 e. The molecule has 0 spiro atoms. The first-order valence-electron chi connectivity index (χ1n) is 9.20. The van der Waals surface area contributed by atoms with Crippen molar-refractivity contribution in [3.63, 3.8) is 0 Å². The largest absolute Gasteiger partial charge is 0.482 e. The van der Waals surface area contributed by atoms with E-state index in [4.69, 9.17) is 4.74 Å². The molecule has 0 radical (unpaired) electrons. The molecule has 3 aromatic carbocycles. The van der Waals surface area contributed by atoms with E-state index in [2.05, 4.69) is 4.74 Å². The van der Waals surface area contributed by atoms with Gasteiger partial charge in [-0.15, -0.1) is 0 Å². The average Bonchev–Trinajstić information content (AvgIpc) is 2.77. The monoisotopic (exact) mass is 391 g/mol. The minimum atomic E-state index is -0.437. The maximum absolute atomic E-state index is 11.6. The van der Waals surface area contributed by atoms with Gasteiger partial charge in [0.05, 0.1) is 17.6 Å². The highest BCUT2D eigenvalue weighted by Crippen LogP contribution is 2.39. The van der Waals surface area contributed by atoms with Crippen molar-refractivity contribution in [2.75, 3.05) is 7.11 Å². The number of methoxy groups -OCH3 is 1. The Morgan fingerprint density at radius 2 is 1.66 bits per heavy atom. The van der Waals surface area contributed by atoms with Crippen molar-refractivity contribution < 1.29 is 19.2 Å². The van der Waals surface area contributed by atoms with E-state index in [0.29, 0.717) is 11.1 Å². The van der Waals surface area contributed by atoms with Crippen LogP contribution in [0.5, 0.6) is 5.75 Å². The molecule has 0 unspecified atom stereocenters. The fourth-order valence-corrected chi connectivity index (χ4v) is 3.13. The fourth-order valence-electron chi connectivity index (χ4n) is 3.13. The van der Waals surface area contributed by atoms with Crippen molar-refractivity contribution in [2.24, 2.45) is 0 Å². The molecule has 3 rings (SSSR count). The van der Waals surface area contributed by atoms with Crippen molar-refractivity contribution >= 4 is 11.7 Å². The molecular weight excluding hydrogens is 370 g/mol. The number of nitro benzene ring substituents is 1. The number of hydrogen-bond donors (Lipinski definition) is 0. The zero-order valence-electron chi connectivity index (χ0n) is 16.3. The number of carbonyl (C=O) groups is 1. The molecule has 0 N–H and O–H groups in total. The molecule has 0 heterocycles. The second-order valence-electron chi connectivity index (χ2n) is 6.40. The van der Waals surface area contributed by atoms with Crippen molar-refractivity contribution in [2.45, 2.75) is 20.0 Å². The fraction of sp³-hybridized carbons (Fsp3) is 0.174. The van der Waals surface area contributed by atoms with E-state index in [1.165, 1.54) is 13.2 Å². The first kappa shape index (κ1) is 20.1. The summed E-state index contributed by atoms with van der Waals surface area (Å²) in [6.07, 6.45) is 0.799. The Balaban J connectivity index is 1.95. The quantitative estimate of drug-likeness (QED) is 0.315. The highest BCUT2D eigenvalue weighted by Gasteiger charge is 2.21. The van der Waals surface area contributed by atoms with Crippen LogP contribution in [0.15, 0.2) is 66.7 Å². The summed E-state index contributed by atoms with van der Waals surface area (Å²) in [7, 11) is 1.32. The highest BCUT2D eigenvalue weighted by atomic mass is 16.6. The van der Waals surface area contributed by atoms with Crippen LogP contribution in [0.2, 0.25) is 0 Å². The van der Waals surface area contributed by atoms with E-state index >= 15 is 0 Å². The van der Waals surface area contributed by atoms with Gasteiger partial charge in [0.25, 0.3) is 0 Å². The number of hydrogen-bond acceptors (Lipinski definition) is 5. The number of nitrogens with zero attached hydrogens (tertiary/aromatic N) is 1. The van der Waals surface area contributed by atoms with Crippen LogP contribution in [0.1, 0.15) is 28.4 Å². The van der Waals surface area contributed by atoms with Crippen LogP contribution in [0.3, 0.4) is 0 Å². The number of ether oxygens (including phenoxy) is 2. The molecule has 0 saturated heterocycles. The van der Waals surface area contributed by atoms with Gasteiger partial charge < -0.3 is 9.47 Å². The molecule has 6 heteroatoms. The summed E-state index contributed by atoms with van der Waals surface area (Å²) in [4.78, 5) is 22.7. The minimum absolute atomic E-state index is 0.0837. The summed E-state index contributed by atoms with van der Waals surface area (Å²) in [5, 5.41) is 11.6. The molecular formula is C23H21NO5. The molecule has 0 atom stereocenters. The molecule has 0 saturated carbocycles. The van der Waals surface area contributed by atoms with Gasteiger partial charge in [-0.25, -0.2) is 4.79 Å². The zero-order valence-corrected chi connectivity index (χ0v) is 16.3. The summed E-state index contributed by atoms with van der Waals surface area (Å²) >= 11 is 0. The molecule has 0 fully saturated rings. The van der Waals surface area contributed by atoms with Gasteiger partial charge in [-0.2, -0.15) is 0 Å². The lowest BCUT2D eigenvalue weighted by Crippen LogP contribution is -2.03. The second kappa shape index (κ2) is 9.01. The van der Waals surface area contributed by atoms with Crippen molar-refractivity contribution in [3.05, 3.63) is 93.5 Å². The molecule has 0 bridgehead atoms. The van der Waals surface area contributed by atoms with Gasteiger partial charge in [0, 0.05) is 11.6 Å². The third-order valence-corrected chi connectivity index (χ3v) is 4.64. The first-order valence-corrected chi connectivity index (χ1v) is 9.20. The lowest BCUT2D eigenvalue weighted by atomic mass is 9.97. The topological polar surface area (TPSA) is 78.7 Å². The number of para-hydroxylation sites is 1. The normalized spacial score (nSPS) is 10.4. The van der Waals surface area contributed by atoms with E-state index in [1.54, 1.807) is 30.3 Å². The van der Waals surface area contributed by atoms with Crippen molar-refractivity contribution in [1.82, 2.24) is 0 Å². The van der Waals surface area contributed by atoms with Crippen LogP contribution >= 0.6 is 0 Å². The van der Waals surface area contributed by atoms with E-state index in [9.17, 15) is 14.9 Å². The molecule has 0 amide bonds. The Kier molecular flexibility index (Phi) is 6.24. The lowest BCUT2D eigenvalue weighted by Gasteiger charge is -2.14. The maximum atomic E-state index is 11.6. The van der Waals surface area contributed by atoms with Gasteiger partial charge in [-0.3, -0.25) is 10.1 Å². The molecule has 0 aromatic heterocycles. The predicted octanol–water partition coefficient (Wildman–Crippen LogP) is 5.19. The van der Waals surface area contributed by atoms with E-state index in [-0.39, 0.29) is 18.0 Å². The molecule has 148 valence electrons. The Bertz CT molecular complexity index is 1030. The van der Waals surface area contributed by atoms with Gasteiger partial charge in [0.15, 0.2) is 0 Å². The summed E-state index contributed by atoms with van der Waals surface area (Å²) in [6, 6.07) is 19.5. The summed E-state index contributed by atoms with van der Waals surface area (Å²) in [6.45, 7) is 2.17. The number of carbonyl (C=O) groups excluding carboxylic acids is 1. The van der Waals surface area contributed by atoms with Crippen LogP contribution in [0, 0.1) is 10.1 Å². The second-order valence-corrected chi connectivity index (χ2v) is 6.40. The highest BCUT2D eigenvalue weighted by molar-refractivity contribution is 5.89. The van der Waals surface area contributed by atoms with Gasteiger partial charge in [0.2, 0.25) is 5.75 Å². The molecule has 6 nitrogen and oxygen atoms in total. The molecule has 29 heavy (non-hydrogen) atoms. The van der Waals surface area contributed by atoms with Crippen LogP contribution in [0.4, 0.5) is 5.69 Å². The Hall–Kier alpha value is -3.67. The zero-order chi connectivity index (χ0) is 20.8. The molecule has 3 aromatic rings.